The number of nitrogens with zero attached hydrogens (tertiary/aromatic N) is 1. The fourth-order valence-corrected chi connectivity index (χ4v) is 4.89. The van der Waals surface area contributed by atoms with Crippen molar-refractivity contribution < 1.29 is 4.79 Å². The second kappa shape index (κ2) is 8.53. The number of rotatable bonds is 5. The molecule has 4 aromatic rings. The molecule has 0 atom stereocenters. The lowest BCUT2D eigenvalue weighted by Crippen LogP contribution is -2.11. The molecule has 1 heterocycles. The third-order valence-corrected chi connectivity index (χ3v) is 6.74. The molecule has 0 spiro atoms. The van der Waals surface area contributed by atoms with E-state index in [9.17, 15) is 4.79 Å². The first-order valence-electron chi connectivity index (χ1n) is 8.41. The Morgan fingerprint density at radius 2 is 1.64 bits per heavy atom. The summed E-state index contributed by atoms with van der Waals surface area (Å²) >= 11 is 15.1. The molecule has 28 heavy (non-hydrogen) atoms. The maximum atomic E-state index is 12.4. The van der Waals surface area contributed by atoms with Gasteiger partial charge in [0.1, 0.15) is 0 Å². The summed E-state index contributed by atoms with van der Waals surface area (Å²) in [4.78, 5) is 17.0. The highest BCUT2D eigenvalue weighted by Gasteiger charge is 2.09. The first-order valence-corrected chi connectivity index (χ1v) is 11.0. The van der Waals surface area contributed by atoms with Crippen LogP contribution in [0.4, 0.5) is 5.69 Å². The molecule has 1 N–H and O–H groups in total. The van der Waals surface area contributed by atoms with Crippen LogP contribution < -0.4 is 5.32 Å². The van der Waals surface area contributed by atoms with E-state index in [1.54, 1.807) is 47.4 Å². The number of hydrogen-bond acceptors (Lipinski definition) is 4. The standard InChI is InChI=1S/C21H14Cl2N2OS2/c22-15-5-1-13(2-6-15)12-27-21-25-18-10-9-17(11-19(18)28-21)24-20(26)14-3-7-16(23)8-4-14/h1-11H,12H2,(H,24,26). The molecule has 0 radical (unpaired) electrons. The van der Waals surface area contributed by atoms with Crippen LogP contribution in [-0.4, -0.2) is 10.9 Å². The van der Waals surface area contributed by atoms with Crippen molar-refractivity contribution in [1.82, 2.24) is 4.98 Å². The number of aromatic nitrogens is 1. The van der Waals surface area contributed by atoms with E-state index in [0.717, 1.165) is 31.0 Å². The largest absolute Gasteiger partial charge is 0.322 e. The fraction of sp³-hybridized carbons (Fsp3) is 0.0476. The molecule has 4 rings (SSSR count). The van der Waals surface area contributed by atoms with Crippen LogP contribution in [0.1, 0.15) is 15.9 Å². The van der Waals surface area contributed by atoms with Gasteiger partial charge in [-0.15, -0.1) is 11.3 Å². The van der Waals surface area contributed by atoms with E-state index in [4.69, 9.17) is 23.2 Å². The Bertz CT molecular complexity index is 1130. The smallest absolute Gasteiger partial charge is 0.255 e. The lowest BCUT2D eigenvalue weighted by Gasteiger charge is -2.05. The summed E-state index contributed by atoms with van der Waals surface area (Å²) in [7, 11) is 0. The van der Waals surface area contributed by atoms with Crippen molar-refractivity contribution in [3.63, 3.8) is 0 Å². The summed E-state index contributed by atoms with van der Waals surface area (Å²) in [6.07, 6.45) is 0. The van der Waals surface area contributed by atoms with Crippen molar-refractivity contribution in [1.29, 1.82) is 0 Å². The van der Waals surface area contributed by atoms with E-state index in [1.807, 2.05) is 42.5 Å². The van der Waals surface area contributed by atoms with Crippen LogP contribution >= 0.6 is 46.3 Å². The normalized spacial score (nSPS) is 10.9. The Hall–Kier alpha value is -2.05. The second-order valence-electron chi connectivity index (χ2n) is 6.04. The molecule has 0 bridgehead atoms. The van der Waals surface area contributed by atoms with E-state index < -0.39 is 0 Å². The van der Waals surface area contributed by atoms with Gasteiger partial charge in [0.25, 0.3) is 5.91 Å². The third-order valence-electron chi connectivity index (χ3n) is 4.01. The van der Waals surface area contributed by atoms with Gasteiger partial charge in [-0.2, -0.15) is 0 Å². The number of thiazole rings is 1. The van der Waals surface area contributed by atoms with E-state index in [1.165, 1.54) is 5.56 Å². The van der Waals surface area contributed by atoms with Gasteiger partial charge in [-0.1, -0.05) is 47.1 Å². The summed E-state index contributed by atoms with van der Waals surface area (Å²) in [5.74, 6) is 0.662. The molecule has 0 unspecified atom stereocenters. The van der Waals surface area contributed by atoms with Crippen molar-refractivity contribution in [3.05, 3.63) is 87.9 Å². The van der Waals surface area contributed by atoms with Crippen molar-refractivity contribution in [2.24, 2.45) is 0 Å². The van der Waals surface area contributed by atoms with Crippen molar-refractivity contribution >= 4 is 68.1 Å². The number of carbonyl (C=O) groups excluding carboxylic acids is 1. The Morgan fingerprint density at radius 3 is 2.36 bits per heavy atom. The first-order chi connectivity index (χ1) is 13.6. The summed E-state index contributed by atoms with van der Waals surface area (Å²) in [5.41, 5.74) is 3.43. The lowest BCUT2D eigenvalue weighted by atomic mass is 10.2. The highest BCUT2D eigenvalue weighted by molar-refractivity contribution is 8.00. The predicted octanol–water partition coefficient (Wildman–Crippen LogP) is 7.15. The first kappa shape index (κ1) is 19.3. The third kappa shape index (κ3) is 4.67. The molecule has 0 fully saturated rings. The molecule has 0 aliphatic heterocycles. The average Bonchev–Trinajstić information content (AvgIpc) is 3.10. The van der Waals surface area contributed by atoms with Gasteiger partial charge < -0.3 is 5.32 Å². The molecule has 0 aliphatic rings. The van der Waals surface area contributed by atoms with Crippen LogP contribution in [0.3, 0.4) is 0 Å². The van der Waals surface area contributed by atoms with Gasteiger partial charge in [-0.25, -0.2) is 4.98 Å². The maximum Gasteiger partial charge on any atom is 0.255 e. The second-order valence-corrected chi connectivity index (χ2v) is 9.16. The number of benzene rings is 3. The number of thioether (sulfide) groups is 1. The van der Waals surface area contributed by atoms with E-state index in [2.05, 4.69) is 10.3 Å². The van der Waals surface area contributed by atoms with Gasteiger partial charge in [0.2, 0.25) is 0 Å². The average molecular weight is 445 g/mol. The van der Waals surface area contributed by atoms with Gasteiger partial charge in [-0.05, 0) is 60.2 Å². The number of hydrogen-bond donors (Lipinski definition) is 1. The Morgan fingerprint density at radius 1 is 0.964 bits per heavy atom. The van der Waals surface area contributed by atoms with Gasteiger partial charge in [0.05, 0.1) is 10.2 Å². The molecular weight excluding hydrogens is 431 g/mol. The van der Waals surface area contributed by atoms with Crippen LogP contribution in [0.2, 0.25) is 10.0 Å². The molecule has 0 saturated heterocycles. The maximum absolute atomic E-state index is 12.4. The highest BCUT2D eigenvalue weighted by Crippen LogP contribution is 2.33. The zero-order chi connectivity index (χ0) is 19.5. The van der Waals surface area contributed by atoms with Crippen LogP contribution in [0.15, 0.2) is 71.1 Å². The number of fused-ring (bicyclic) bond motifs is 1. The lowest BCUT2D eigenvalue weighted by molar-refractivity contribution is 0.102. The predicted molar refractivity (Wildman–Crippen MR) is 120 cm³/mol. The Balaban J connectivity index is 1.46. The monoisotopic (exact) mass is 444 g/mol. The Labute approximate surface area is 180 Å². The minimum absolute atomic E-state index is 0.169. The van der Waals surface area contributed by atoms with Crippen molar-refractivity contribution in [2.45, 2.75) is 10.1 Å². The number of nitrogens with one attached hydrogen (secondary N) is 1. The SMILES string of the molecule is O=C(Nc1ccc2nc(SCc3ccc(Cl)cc3)sc2c1)c1ccc(Cl)cc1. The molecule has 3 aromatic carbocycles. The molecule has 7 heteroatoms. The molecule has 3 nitrogen and oxygen atoms in total. The molecule has 1 aromatic heterocycles. The molecule has 0 aliphatic carbocycles. The van der Waals surface area contributed by atoms with Crippen molar-refractivity contribution in [3.8, 4) is 0 Å². The zero-order valence-electron chi connectivity index (χ0n) is 14.5. The minimum Gasteiger partial charge on any atom is -0.322 e. The summed E-state index contributed by atoms with van der Waals surface area (Å²) in [6.45, 7) is 0. The van der Waals surface area contributed by atoms with Crippen LogP contribution in [0.25, 0.3) is 10.2 Å². The topological polar surface area (TPSA) is 42.0 Å². The number of anilines is 1. The summed E-state index contributed by atoms with van der Waals surface area (Å²) < 4.78 is 2.03. The molecule has 140 valence electrons. The van der Waals surface area contributed by atoms with Crippen LogP contribution in [-0.2, 0) is 5.75 Å². The van der Waals surface area contributed by atoms with Crippen LogP contribution in [0, 0.1) is 0 Å². The molecule has 0 saturated carbocycles. The molecular formula is C21H14Cl2N2OS2. The van der Waals surface area contributed by atoms with E-state index in [-0.39, 0.29) is 5.91 Å². The van der Waals surface area contributed by atoms with Gasteiger partial charge in [0.15, 0.2) is 4.34 Å². The van der Waals surface area contributed by atoms with E-state index >= 15 is 0 Å². The number of halogens is 2. The molecule has 1 amide bonds. The quantitative estimate of drug-likeness (QED) is 0.332. The highest BCUT2D eigenvalue weighted by atomic mass is 35.5. The van der Waals surface area contributed by atoms with E-state index in [0.29, 0.717) is 10.6 Å². The fourth-order valence-electron chi connectivity index (χ4n) is 2.57. The Kier molecular flexibility index (Phi) is 5.87. The number of amides is 1. The zero-order valence-corrected chi connectivity index (χ0v) is 17.6. The van der Waals surface area contributed by atoms with Crippen molar-refractivity contribution in [2.75, 3.05) is 5.32 Å². The summed E-state index contributed by atoms with van der Waals surface area (Å²) in [5, 5.41) is 4.26. The van der Waals surface area contributed by atoms with Crippen LogP contribution in [0.5, 0.6) is 0 Å². The van der Waals surface area contributed by atoms with Gasteiger partial charge in [-0.3, -0.25) is 4.79 Å². The minimum atomic E-state index is -0.169. The van der Waals surface area contributed by atoms with Gasteiger partial charge in [0, 0.05) is 27.0 Å². The number of carbonyl (C=O) groups is 1. The summed E-state index contributed by atoms with van der Waals surface area (Å²) in [6, 6.07) is 20.4. The van der Waals surface area contributed by atoms with Gasteiger partial charge >= 0.3 is 0 Å².